The Hall–Kier alpha value is -4.02. The minimum absolute atomic E-state index is 0.0529. The third-order valence-electron chi connectivity index (χ3n) is 6.13. The molecule has 1 fully saturated rings. The minimum atomic E-state index is -3.94. The number of benzene rings is 3. The van der Waals surface area contributed by atoms with Gasteiger partial charge in [-0.1, -0.05) is 42.5 Å². The van der Waals surface area contributed by atoms with Crippen molar-refractivity contribution in [1.82, 2.24) is 10.2 Å². The first-order valence-electron chi connectivity index (χ1n) is 10.9. The number of imide groups is 1. The van der Waals surface area contributed by atoms with Gasteiger partial charge in [0.2, 0.25) is 11.8 Å². The highest BCUT2D eigenvalue weighted by Crippen LogP contribution is 2.37. The topological polar surface area (TPSA) is 133 Å². The number of aliphatic hydroxyl groups is 1. The zero-order valence-corrected chi connectivity index (χ0v) is 19.2. The van der Waals surface area contributed by atoms with E-state index < -0.39 is 40.0 Å². The predicted octanol–water partition coefficient (Wildman–Crippen LogP) is 2.41. The van der Waals surface area contributed by atoms with Crippen LogP contribution in [0.1, 0.15) is 35.0 Å². The third kappa shape index (κ3) is 4.17. The maximum absolute atomic E-state index is 12.9. The van der Waals surface area contributed by atoms with Gasteiger partial charge >= 0.3 is 0 Å². The number of carbonyl (C=O) groups is 3. The zero-order chi connectivity index (χ0) is 24.7. The van der Waals surface area contributed by atoms with Crippen LogP contribution in [0.15, 0.2) is 77.7 Å². The molecule has 2 aliphatic rings. The number of nitrogens with zero attached hydrogens (tertiary/aromatic N) is 1. The van der Waals surface area contributed by atoms with Crippen LogP contribution < -0.4 is 10.0 Å². The van der Waals surface area contributed by atoms with E-state index in [2.05, 4.69) is 10.0 Å². The second kappa shape index (κ2) is 8.64. The molecule has 0 spiro atoms. The maximum Gasteiger partial charge on any atom is 0.261 e. The van der Waals surface area contributed by atoms with Gasteiger partial charge in [-0.25, -0.2) is 8.42 Å². The lowest BCUT2D eigenvalue weighted by atomic mass is 10.0. The van der Waals surface area contributed by atoms with Crippen LogP contribution in [-0.4, -0.2) is 42.2 Å². The van der Waals surface area contributed by atoms with Crippen LogP contribution in [-0.2, 0) is 19.6 Å². The molecule has 3 N–H and O–H groups in total. The molecule has 0 saturated carbocycles. The standard InChI is InChI=1S/C25H21N3O6S/c29-22-13-12-21(23(30)26-22)28-24(31)19-11-8-17(14-20(19)25(28)32)27-35(33,34)18-9-6-16(7-10-18)15-4-2-1-3-5-15/h1-11,14,21,25,27,32H,12-13H2,(H,26,29,30). The van der Waals surface area contributed by atoms with E-state index in [-0.39, 0.29) is 34.6 Å². The number of anilines is 1. The van der Waals surface area contributed by atoms with E-state index >= 15 is 0 Å². The Labute approximate surface area is 201 Å². The van der Waals surface area contributed by atoms with Crippen molar-refractivity contribution >= 4 is 33.4 Å². The molecule has 0 bridgehead atoms. The summed E-state index contributed by atoms with van der Waals surface area (Å²) in [6.45, 7) is 0. The number of sulfonamides is 1. The number of hydrogen-bond acceptors (Lipinski definition) is 6. The smallest absolute Gasteiger partial charge is 0.261 e. The molecular formula is C25H21N3O6S. The molecule has 0 aliphatic carbocycles. The summed E-state index contributed by atoms with van der Waals surface area (Å²) < 4.78 is 28.4. The van der Waals surface area contributed by atoms with Crippen LogP contribution in [0.5, 0.6) is 0 Å². The quantitative estimate of drug-likeness (QED) is 0.470. The molecule has 2 atom stereocenters. The highest BCUT2D eigenvalue weighted by molar-refractivity contribution is 7.92. The molecule has 35 heavy (non-hydrogen) atoms. The summed E-state index contributed by atoms with van der Waals surface area (Å²) in [5.74, 6) is -1.65. The van der Waals surface area contributed by atoms with Crippen LogP contribution in [0.2, 0.25) is 0 Å². The molecule has 5 rings (SSSR count). The Morgan fingerprint density at radius 3 is 2.29 bits per heavy atom. The van der Waals surface area contributed by atoms with Gasteiger partial charge in [0.1, 0.15) is 6.04 Å². The van der Waals surface area contributed by atoms with Gasteiger partial charge in [-0.15, -0.1) is 0 Å². The zero-order valence-electron chi connectivity index (χ0n) is 18.3. The number of hydrogen-bond donors (Lipinski definition) is 3. The van der Waals surface area contributed by atoms with Crippen LogP contribution in [0.3, 0.4) is 0 Å². The second-order valence-corrected chi connectivity index (χ2v) is 10.0. The Morgan fingerprint density at radius 1 is 0.914 bits per heavy atom. The molecule has 178 valence electrons. The largest absolute Gasteiger partial charge is 0.369 e. The number of amides is 3. The molecule has 3 amide bonds. The first kappa shape index (κ1) is 22.8. The molecule has 3 aromatic carbocycles. The fraction of sp³-hybridized carbons (Fsp3) is 0.160. The van der Waals surface area contributed by atoms with E-state index in [9.17, 15) is 27.9 Å². The van der Waals surface area contributed by atoms with Crippen LogP contribution in [0.4, 0.5) is 5.69 Å². The highest BCUT2D eigenvalue weighted by atomic mass is 32.2. The van der Waals surface area contributed by atoms with Crippen molar-refractivity contribution in [2.24, 2.45) is 0 Å². The Bertz CT molecular complexity index is 1440. The Kier molecular flexibility index (Phi) is 5.62. The fourth-order valence-electron chi connectivity index (χ4n) is 4.37. The molecule has 0 aromatic heterocycles. The summed E-state index contributed by atoms with van der Waals surface area (Å²) in [7, 11) is -3.94. The SMILES string of the molecule is O=C1CCC(N2C(=O)c3ccc(NS(=O)(=O)c4ccc(-c5ccccc5)cc4)cc3C2O)C(=O)N1. The summed E-state index contributed by atoms with van der Waals surface area (Å²) in [6, 6.07) is 19.2. The maximum atomic E-state index is 12.9. The predicted molar refractivity (Wildman–Crippen MR) is 126 cm³/mol. The number of rotatable bonds is 5. The van der Waals surface area contributed by atoms with Gasteiger partial charge < -0.3 is 5.11 Å². The summed E-state index contributed by atoms with van der Waals surface area (Å²) in [6.07, 6.45) is -1.30. The van der Waals surface area contributed by atoms with Gasteiger partial charge in [0.25, 0.3) is 15.9 Å². The number of carbonyl (C=O) groups excluding carboxylic acids is 3. The molecule has 9 nitrogen and oxygen atoms in total. The van der Waals surface area contributed by atoms with Crippen LogP contribution in [0.25, 0.3) is 11.1 Å². The molecule has 1 saturated heterocycles. The van der Waals surface area contributed by atoms with E-state index in [0.29, 0.717) is 0 Å². The molecule has 10 heteroatoms. The summed E-state index contributed by atoms with van der Waals surface area (Å²) in [5, 5.41) is 13.0. The molecular weight excluding hydrogens is 470 g/mol. The van der Waals surface area contributed by atoms with E-state index in [1.54, 1.807) is 12.1 Å². The average molecular weight is 492 g/mol. The van der Waals surface area contributed by atoms with Crippen molar-refractivity contribution in [1.29, 1.82) is 0 Å². The van der Waals surface area contributed by atoms with Gasteiger partial charge in [0.15, 0.2) is 6.23 Å². The number of piperidine rings is 1. The first-order valence-corrected chi connectivity index (χ1v) is 12.4. The summed E-state index contributed by atoms with van der Waals surface area (Å²) in [4.78, 5) is 37.6. The van der Waals surface area contributed by atoms with Gasteiger partial charge in [0.05, 0.1) is 4.90 Å². The minimum Gasteiger partial charge on any atom is -0.369 e. The lowest BCUT2D eigenvalue weighted by Gasteiger charge is -2.31. The number of nitrogens with one attached hydrogen (secondary N) is 2. The van der Waals surface area contributed by atoms with Crippen molar-refractivity contribution in [2.75, 3.05) is 4.72 Å². The van der Waals surface area contributed by atoms with Gasteiger partial charge in [0, 0.05) is 23.2 Å². The molecule has 2 unspecified atom stereocenters. The van der Waals surface area contributed by atoms with Gasteiger partial charge in [-0.3, -0.25) is 29.3 Å². The first-order chi connectivity index (χ1) is 16.7. The van der Waals surface area contributed by atoms with E-state index in [1.807, 2.05) is 30.3 Å². The normalized spacial score (nSPS) is 19.9. The number of aliphatic hydroxyl groups excluding tert-OH is 1. The Balaban J connectivity index is 1.37. The molecule has 0 radical (unpaired) electrons. The van der Waals surface area contributed by atoms with Crippen molar-refractivity contribution in [3.63, 3.8) is 0 Å². The second-order valence-electron chi connectivity index (χ2n) is 8.35. The van der Waals surface area contributed by atoms with Crippen molar-refractivity contribution < 1.29 is 27.9 Å². The van der Waals surface area contributed by atoms with E-state index in [1.165, 1.54) is 30.3 Å². The fourth-order valence-corrected chi connectivity index (χ4v) is 5.41. The van der Waals surface area contributed by atoms with Crippen LogP contribution >= 0.6 is 0 Å². The average Bonchev–Trinajstić information content (AvgIpc) is 3.09. The third-order valence-corrected chi connectivity index (χ3v) is 7.53. The van der Waals surface area contributed by atoms with Crippen molar-refractivity contribution in [3.05, 3.63) is 83.9 Å². The van der Waals surface area contributed by atoms with Crippen LogP contribution in [0, 0.1) is 0 Å². The highest BCUT2D eigenvalue weighted by Gasteiger charge is 2.44. The lowest BCUT2D eigenvalue weighted by Crippen LogP contribution is -2.53. The summed E-state index contributed by atoms with van der Waals surface area (Å²) in [5.41, 5.74) is 2.34. The Morgan fingerprint density at radius 2 is 1.60 bits per heavy atom. The van der Waals surface area contributed by atoms with E-state index in [4.69, 9.17) is 0 Å². The van der Waals surface area contributed by atoms with E-state index in [0.717, 1.165) is 16.0 Å². The lowest BCUT2D eigenvalue weighted by molar-refractivity contribution is -0.139. The molecule has 2 heterocycles. The number of fused-ring (bicyclic) bond motifs is 1. The molecule has 3 aromatic rings. The monoisotopic (exact) mass is 491 g/mol. The van der Waals surface area contributed by atoms with Gasteiger partial charge in [-0.2, -0.15) is 0 Å². The van der Waals surface area contributed by atoms with Crippen molar-refractivity contribution in [3.8, 4) is 11.1 Å². The summed E-state index contributed by atoms with van der Waals surface area (Å²) >= 11 is 0. The van der Waals surface area contributed by atoms with Crippen molar-refractivity contribution in [2.45, 2.75) is 30.0 Å². The van der Waals surface area contributed by atoms with Gasteiger partial charge in [-0.05, 0) is 47.9 Å². The molecule has 2 aliphatic heterocycles.